The number of aromatic nitrogens is 2. The number of amides is 1. The third-order valence-electron chi connectivity index (χ3n) is 2.66. The fourth-order valence-corrected chi connectivity index (χ4v) is 1.64. The molecule has 5 nitrogen and oxygen atoms in total. The molecule has 0 saturated heterocycles. The van der Waals surface area contributed by atoms with Gasteiger partial charge in [0.15, 0.2) is 0 Å². The highest BCUT2D eigenvalue weighted by atomic mass is 16.1. The summed E-state index contributed by atoms with van der Waals surface area (Å²) in [5.41, 5.74) is 2.94. The Morgan fingerprint density at radius 1 is 1.22 bits per heavy atom. The third-order valence-corrected chi connectivity index (χ3v) is 2.66. The van der Waals surface area contributed by atoms with Crippen molar-refractivity contribution in [2.24, 2.45) is 0 Å². The van der Waals surface area contributed by atoms with Gasteiger partial charge in [-0.25, -0.2) is 0 Å². The number of hydrogen-bond acceptors (Lipinski definition) is 3. The molecule has 5 heteroatoms. The molecule has 0 atom stereocenters. The van der Waals surface area contributed by atoms with Crippen molar-refractivity contribution in [1.29, 1.82) is 0 Å². The number of nitrogens with zero attached hydrogens (tertiary/aromatic N) is 1. The monoisotopic (exact) mass is 244 g/mol. The van der Waals surface area contributed by atoms with Gasteiger partial charge in [0.25, 0.3) is 5.91 Å². The molecule has 0 aliphatic heterocycles. The number of aromatic amines is 1. The van der Waals surface area contributed by atoms with Gasteiger partial charge in [0.05, 0.1) is 6.20 Å². The van der Waals surface area contributed by atoms with Crippen molar-refractivity contribution in [1.82, 2.24) is 20.8 Å². The van der Waals surface area contributed by atoms with E-state index in [1.165, 1.54) is 0 Å². The minimum atomic E-state index is -0.0621. The van der Waals surface area contributed by atoms with Crippen molar-refractivity contribution in [3.8, 4) is 0 Å². The molecule has 18 heavy (non-hydrogen) atoms. The summed E-state index contributed by atoms with van der Waals surface area (Å²) in [4.78, 5) is 11.4. The maximum atomic E-state index is 11.4. The number of rotatable bonds is 5. The zero-order chi connectivity index (χ0) is 12.8. The molecule has 0 aliphatic carbocycles. The van der Waals surface area contributed by atoms with Gasteiger partial charge in [-0.05, 0) is 17.7 Å². The summed E-state index contributed by atoms with van der Waals surface area (Å²) in [5, 5.41) is 12.6. The largest absolute Gasteiger partial charge is 0.355 e. The Hall–Kier alpha value is -2.14. The lowest BCUT2D eigenvalue weighted by Crippen LogP contribution is -2.18. The van der Waals surface area contributed by atoms with Gasteiger partial charge in [0, 0.05) is 37.5 Å². The van der Waals surface area contributed by atoms with Gasteiger partial charge < -0.3 is 10.6 Å². The van der Waals surface area contributed by atoms with Crippen LogP contribution in [0.1, 0.15) is 21.5 Å². The molecule has 0 spiro atoms. The number of carbonyl (C=O) groups excluding carboxylic acids is 1. The van der Waals surface area contributed by atoms with Crippen LogP contribution in [-0.4, -0.2) is 23.2 Å². The summed E-state index contributed by atoms with van der Waals surface area (Å²) >= 11 is 0. The van der Waals surface area contributed by atoms with E-state index in [0.29, 0.717) is 5.56 Å². The molecule has 94 valence electrons. The summed E-state index contributed by atoms with van der Waals surface area (Å²) in [6, 6.07) is 7.56. The minimum Gasteiger partial charge on any atom is -0.355 e. The summed E-state index contributed by atoms with van der Waals surface area (Å²) in [6.45, 7) is 1.53. The summed E-state index contributed by atoms with van der Waals surface area (Å²) in [6.07, 6.45) is 3.66. The zero-order valence-corrected chi connectivity index (χ0v) is 10.2. The molecule has 1 aromatic carbocycles. The lowest BCUT2D eigenvalue weighted by Gasteiger charge is -2.04. The van der Waals surface area contributed by atoms with Gasteiger partial charge in [0.2, 0.25) is 0 Å². The number of hydrogen-bond donors (Lipinski definition) is 3. The van der Waals surface area contributed by atoms with Crippen LogP contribution in [0, 0.1) is 0 Å². The molecule has 3 N–H and O–H groups in total. The van der Waals surface area contributed by atoms with E-state index in [4.69, 9.17) is 0 Å². The molecular weight excluding hydrogens is 228 g/mol. The van der Waals surface area contributed by atoms with Crippen molar-refractivity contribution < 1.29 is 4.79 Å². The maximum Gasteiger partial charge on any atom is 0.251 e. The molecule has 0 bridgehead atoms. The van der Waals surface area contributed by atoms with Crippen LogP contribution >= 0.6 is 0 Å². The van der Waals surface area contributed by atoms with Crippen molar-refractivity contribution in [3.63, 3.8) is 0 Å². The molecule has 1 aromatic heterocycles. The Balaban J connectivity index is 1.85. The molecule has 1 heterocycles. The molecule has 0 aliphatic rings. The molecule has 0 unspecified atom stereocenters. The Bertz CT molecular complexity index is 490. The van der Waals surface area contributed by atoms with E-state index in [0.717, 1.165) is 24.2 Å². The standard InChI is InChI=1S/C13H16N4O/c1-14-13(18)12-4-2-10(3-5-12)6-15-7-11-8-16-17-9-11/h2-5,8-9,15H,6-7H2,1H3,(H,14,18)(H,16,17). The number of H-pyrrole nitrogens is 1. The second kappa shape index (κ2) is 5.97. The Kier molecular flexibility index (Phi) is 4.09. The molecule has 2 aromatic rings. The fourth-order valence-electron chi connectivity index (χ4n) is 1.64. The van der Waals surface area contributed by atoms with E-state index in [1.807, 2.05) is 30.5 Å². The molecule has 2 rings (SSSR count). The average molecular weight is 244 g/mol. The van der Waals surface area contributed by atoms with Crippen LogP contribution in [0.4, 0.5) is 0 Å². The first-order chi connectivity index (χ1) is 8.79. The predicted octanol–water partition coefficient (Wildman–Crippen LogP) is 1.06. The van der Waals surface area contributed by atoms with Gasteiger partial charge >= 0.3 is 0 Å². The summed E-state index contributed by atoms with van der Waals surface area (Å²) < 4.78 is 0. The first kappa shape index (κ1) is 12.3. The lowest BCUT2D eigenvalue weighted by molar-refractivity contribution is 0.0963. The Labute approximate surface area is 106 Å². The topological polar surface area (TPSA) is 69.8 Å². The van der Waals surface area contributed by atoms with Crippen LogP contribution in [0.5, 0.6) is 0 Å². The maximum absolute atomic E-state index is 11.4. The second-order valence-electron chi connectivity index (χ2n) is 3.99. The van der Waals surface area contributed by atoms with Crippen molar-refractivity contribution in [2.75, 3.05) is 7.05 Å². The first-order valence-corrected chi connectivity index (χ1v) is 5.79. The van der Waals surface area contributed by atoms with E-state index in [2.05, 4.69) is 20.8 Å². The molecule has 0 saturated carbocycles. The van der Waals surface area contributed by atoms with E-state index >= 15 is 0 Å². The summed E-state index contributed by atoms with van der Waals surface area (Å²) in [5.74, 6) is -0.0621. The number of nitrogens with one attached hydrogen (secondary N) is 3. The van der Waals surface area contributed by atoms with E-state index in [1.54, 1.807) is 13.2 Å². The van der Waals surface area contributed by atoms with Crippen LogP contribution in [0.3, 0.4) is 0 Å². The zero-order valence-electron chi connectivity index (χ0n) is 10.2. The van der Waals surface area contributed by atoms with Crippen LogP contribution in [0.15, 0.2) is 36.7 Å². The van der Waals surface area contributed by atoms with E-state index in [-0.39, 0.29) is 5.91 Å². The van der Waals surface area contributed by atoms with Gasteiger partial charge in [-0.15, -0.1) is 0 Å². The molecule has 1 amide bonds. The van der Waals surface area contributed by atoms with Crippen molar-refractivity contribution >= 4 is 5.91 Å². The highest BCUT2D eigenvalue weighted by molar-refractivity contribution is 5.93. The highest BCUT2D eigenvalue weighted by Gasteiger charge is 2.02. The Morgan fingerprint density at radius 2 is 1.94 bits per heavy atom. The number of benzene rings is 1. The van der Waals surface area contributed by atoms with Gasteiger partial charge in [-0.3, -0.25) is 9.89 Å². The molecule has 0 fully saturated rings. The first-order valence-electron chi connectivity index (χ1n) is 5.79. The quantitative estimate of drug-likeness (QED) is 0.736. The van der Waals surface area contributed by atoms with Gasteiger partial charge in [-0.1, -0.05) is 12.1 Å². The van der Waals surface area contributed by atoms with E-state index < -0.39 is 0 Å². The molecule has 0 radical (unpaired) electrons. The van der Waals surface area contributed by atoms with Crippen molar-refractivity contribution in [3.05, 3.63) is 53.3 Å². The minimum absolute atomic E-state index is 0.0621. The molecular formula is C13H16N4O. The van der Waals surface area contributed by atoms with Gasteiger partial charge in [-0.2, -0.15) is 5.10 Å². The van der Waals surface area contributed by atoms with Crippen molar-refractivity contribution in [2.45, 2.75) is 13.1 Å². The fraction of sp³-hybridized carbons (Fsp3) is 0.231. The van der Waals surface area contributed by atoms with Crippen LogP contribution in [-0.2, 0) is 13.1 Å². The number of carbonyl (C=O) groups is 1. The second-order valence-corrected chi connectivity index (χ2v) is 3.99. The van der Waals surface area contributed by atoms with Crippen LogP contribution < -0.4 is 10.6 Å². The predicted molar refractivity (Wildman–Crippen MR) is 69.0 cm³/mol. The van der Waals surface area contributed by atoms with Crippen LogP contribution in [0.25, 0.3) is 0 Å². The summed E-state index contributed by atoms with van der Waals surface area (Å²) in [7, 11) is 1.63. The third kappa shape index (κ3) is 3.18. The smallest absolute Gasteiger partial charge is 0.251 e. The van der Waals surface area contributed by atoms with Gasteiger partial charge in [0.1, 0.15) is 0 Å². The SMILES string of the molecule is CNC(=O)c1ccc(CNCc2cn[nH]c2)cc1. The van der Waals surface area contributed by atoms with Crippen LogP contribution in [0.2, 0.25) is 0 Å². The Morgan fingerprint density at radius 3 is 2.56 bits per heavy atom. The lowest BCUT2D eigenvalue weighted by atomic mass is 10.1. The average Bonchev–Trinajstić information content (AvgIpc) is 2.92. The van der Waals surface area contributed by atoms with E-state index in [9.17, 15) is 4.79 Å². The normalized spacial score (nSPS) is 10.3. The highest BCUT2D eigenvalue weighted by Crippen LogP contribution is 2.04.